The van der Waals surface area contributed by atoms with Crippen molar-refractivity contribution in [2.45, 2.75) is 58.0 Å². The monoisotopic (exact) mass is 330 g/mol. The van der Waals surface area contributed by atoms with Gasteiger partial charge in [-0.1, -0.05) is 38.5 Å². The molecule has 0 radical (unpaired) electrons. The largest absolute Gasteiger partial charge is 0.493 e. The van der Waals surface area contributed by atoms with Crippen LogP contribution in [0, 0.1) is 11.8 Å². The molecule has 4 atom stereocenters. The molecule has 0 saturated carbocycles. The summed E-state index contributed by atoms with van der Waals surface area (Å²) in [4.78, 5) is 0. The molecule has 0 fully saturated rings. The van der Waals surface area contributed by atoms with Crippen LogP contribution in [0.4, 0.5) is 0 Å². The number of ether oxygens (including phenoxy) is 2. The maximum absolute atomic E-state index is 10.4. The Bertz CT molecular complexity index is 622. The van der Waals surface area contributed by atoms with Crippen molar-refractivity contribution in [1.29, 1.82) is 0 Å². The lowest BCUT2D eigenvalue weighted by Crippen LogP contribution is -2.47. The van der Waals surface area contributed by atoms with Crippen LogP contribution in [0.1, 0.15) is 51.2 Å². The highest BCUT2D eigenvalue weighted by Crippen LogP contribution is 2.57. The molecule has 0 heterocycles. The van der Waals surface area contributed by atoms with Gasteiger partial charge in [-0.3, -0.25) is 0 Å². The molecular formula is C21H30O3. The summed E-state index contributed by atoms with van der Waals surface area (Å²) in [7, 11) is 1.74. The van der Waals surface area contributed by atoms with E-state index in [1.165, 1.54) is 11.1 Å². The molecule has 24 heavy (non-hydrogen) atoms. The molecule has 3 heteroatoms. The number of benzene rings is 1. The van der Waals surface area contributed by atoms with Crippen molar-refractivity contribution in [1.82, 2.24) is 0 Å². The molecule has 0 bridgehead atoms. The van der Waals surface area contributed by atoms with Crippen molar-refractivity contribution < 1.29 is 14.6 Å². The molecule has 2 aliphatic rings. The molecule has 1 unspecified atom stereocenters. The van der Waals surface area contributed by atoms with Crippen molar-refractivity contribution in [3.05, 3.63) is 35.4 Å². The summed E-state index contributed by atoms with van der Waals surface area (Å²) in [5.74, 6) is 2.71. The first kappa shape index (κ1) is 17.3. The molecule has 3 rings (SSSR count). The standard InChI is InChI=1S/C21H30O3/c1-5-11-21-13-16(22)8-9-17(21)14(3)12-15-7-10-18(24-6-2)20(23-4)19(15)21/h7-10,14,16-17,22H,5-6,11-13H2,1-4H3/t14-,16+,17+,21?/m1/s1. The molecule has 1 aromatic carbocycles. The first-order chi connectivity index (χ1) is 11.6. The minimum Gasteiger partial charge on any atom is -0.493 e. The minimum absolute atomic E-state index is 0.0611. The van der Waals surface area contributed by atoms with Crippen LogP contribution < -0.4 is 9.47 Å². The molecule has 1 aromatic rings. The van der Waals surface area contributed by atoms with Crippen molar-refractivity contribution in [2.24, 2.45) is 11.8 Å². The number of aliphatic hydroxyl groups is 1. The van der Waals surface area contributed by atoms with Gasteiger partial charge < -0.3 is 14.6 Å². The van der Waals surface area contributed by atoms with E-state index in [2.05, 4.69) is 26.0 Å². The summed E-state index contributed by atoms with van der Waals surface area (Å²) in [6.45, 7) is 7.19. The Morgan fingerprint density at radius 1 is 1.25 bits per heavy atom. The summed E-state index contributed by atoms with van der Waals surface area (Å²) < 4.78 is 11.7. The molecule has 0 saturated heterocycles. The summed E-state index contributed by atoms with van der Waals surface area (Å²) >= 11 is 0. The SMILES string of the molecule is CCCC12C[C@@H](O)C=C[C@H]1[C@H](C)Cc1ccc(OCC)c(OC)c12. The third-order valence-corrected chi connectivity index (χ3v) is 5.81. The van der Waals surface area contributed by atoms with Crippen molar-refractivity contribution in [3.63, 3.8) is 0 Å². The van der Waals surface area contributed by atoms with Gasteiger partial charge in [0.1, 0.15) is 0 Å². The molecule has 0 aromatic heterocycles. The number of aliphatic hydroxyl groups excluding tert-OH is 1. The van der Waals surface area contributed by atoms with Crippen LogP contribution in [0.5, 0.6) is 11.5 Å². The van der Waals surface area contributed by atoms with Crippen LogP contribution in [0.2, 0.25) is 0 Å². The molecule has 0 amide bonds. The quantitative estimate of drug-likeness (QED) is 0.820. The van der Waals surface area contributed by atoms with Gasteiger partial charge in [-0.25, -0.2) is 0 Å². The smallest absolute Gasteiger partial charge is 0.164 e. The van der Waals surface area contributed by atoms with E-state index in [1.807, 2.05) is 19.1 Å². The number of methoxy groups -OCH3 is 1. The van der Waals surface area contributed by atoms with E-state index in [-0.39, 0.29) is 11.5 Å². The number of hydrogen-bond donors (Lipinski definition) is 1. The molecule has 2 aliphatic carbocycles. The number of fused-ring (bicyclic) bond motifs is 3. The second-order valence-electron chi connectivity index (χ2n) is 7.33. The predicted molar refractivity (Wildman–Crippen MR) is 96.9 cm³/mol. The van der Waals surface area contributed by atoms with Crippen LogP contribution in [-0.2, 0) is 11.8 Å². The molecule has 3 nitrogen and oxygen atoms in total. The molecular weight excluding hydrogens is 300 g/mol. The van der Waals surface area contributed by atoms with E-state index in [0.717, 1.165) is 37.2 Å². The Balaban J connectivity index is 2.25. The van der Waals surface area contributed by atoms with Crippen molar-refractivity contribution in [2.75, 3.05) is 13.7 Å². The summed E-state index contributed by atoms with van der Waals surface area (Å²) in [6.07, 6.45) is 7.82. The van der Waals surface area contributed by atoms with Gasteiger partial charge in [-0.15, -0.1) is 0 Å². The molecule has 132 valence electrons. The van der Waals surface area contributed by atoms with Crippen molar-refractivity contribution >= 4 is 0 Å². The average Bonchev–Trinajstić information content (AvgIpc) is 2.55. The summed E-state index contributed by atoms with van der Waals surface area (Å²) in [6, 6.07) is 4.25. The third kappa shape index (κ3) is 2.63. The minimum atomic E-state index is -0.383. The van der Waals surface area contributed by atoms with Gasteiger partial charge in [0.15, 0.2) is 11.5 Å². The zero-order valence-electron chi connectivity index (χ0n) is 15.3. The molecule has 1 N–H and O–H groups in total. The van der Waals surface area contributed by atoms with Crippen LogP contribution in [0.15, 0.2) is 24.3 Å². The second-order valence-corrected chi connectivity index (χ2v) is 7.33. The van der Waals surface area contributed by atoms with E-state index < -0.39 is 0 Å². The number of rotatable bonds is 5. The zero-order chi connectivity index (χ0) is 17.3. The van der Waals surface area contributed by atoms with Crippen LogP contribution in [0.3, 0.4) is 0 Å². The lowest BCUT2D eigenvalue weighted by Gasteiger charge is -2.51. The second kappa shape index (κ2) is 6.79. The topological polar surface area (TPSA) is 38.7 Å². The zero-order valence-corrected chi connectivity index (χ0v) is 15.3. The Morgan fingerprint density at radius 3 is 2.71 bits per heavy atom. The fraction of sp³-hybridized carbons (Fsp3) is 0.619. The van der Waals surface area contributed by atoms with Gasteiger partial charge in [0, 0.05) is 11.0 Å². The van der Waals surface area contributed by atoms with Crippen LogP contribution in [-0.4, -0.2) is 24.9 Å². The lowest BCUT2D eigenvalue weighted by atomic mass is 9.54. The van der Waals surface area contributed by atoms with E-state index in [9.17, 15) is 5.11 Å². The van der Waals surface area contributed by atoms with E-state index in [0.29, 0.717) is 18.4 Å². The molecule has 0 spiro atoms. The fourth-order valence-electron chi connectivity index (χ4n) is 5.12. The maximum atomic E-state index is 10.4. The Kier molecular flexibility index (Phi) is 4.91. The van der Waals surface area contributed by atoms with Crippen LogP contribution >= 0.6 is 0 Å². The maximum Gasteiger partial charge on any atom is 0.164 e. The predicted octanol–water partition coefficient (Wildman–Crippen LogP) is 4.26. The fourth-order valence-corrected chi connectivity index (χ4v) is 5.12. The Morgan fingerprint density at radius 2 is 2.04 bits per heavy atom. The third-order valence-electron chi connectivity index (χ3n) is 5.81. The Hall–Kier alpha value is -1.48. The van der Waals surface area contributed by atoms with E-state index in [1.54, 1.807) is 7.11 Å². The first-order valence-corrected chi connectivity index (χ1v) is 9.26. The average molecular weight is 330 g/mol. The Labute approximate surface area is 145 Å². The summed E-state index contributed by atoms with van der Waals surface area (Å²) in [5.41, 5.74) is 2.58. The summed E-state index contributed by atoms with van der Waals surface area (Å²) in [5, 5.41) is 10.4. The highest BCUT2D eigenvalue weighted by atomic mass is 16.5. The highest BCUT2D eigenvalue weighted by molar-refractivity contribution is 5.57. The van der Waals surface area contributed by atoms with Gasteiger partial charge in [-0.05, 0) is 49.7 Å². The van der Waals surface area contributed by atoms with Crippen molar-refractivity contribution in [3.8, 4) is 11.5 Å². The highest BCUT2D eigenvalue weighted by Gasteiger charge is 2.50. The lowest BCUT2D eigenvalue weighted by molar-refractivity contribution is 0.0954. The number of hydrogen-bond acceptors (Lipinski definition) is 3. The molecule has 0 aliphatic heterocycles. The van der Waals surface area contributed by atoms with Gasteiger partial charge in [-0.2, -0.15) is 0 Å². The van der Waals surface area contributed by atoms with E-state index >= 15 is 0 Å². The van der Waals surface area contributed by atoms with Gasteiger partial charge in [0.2, 0.25) is 0 Å². The van der Waals surface area contributed by atoms with Gasteiger partial charge in [0.05, 0.1) is 19.8 Å². The van der Waals surface area contributed by atoms with Crippen LogP contribution in [0.25, 0.3) is 0 Å². The first-order valence-electron chi connectivity index (χ1n) is 9.26. The van der Waals surface area contributed by atoms with E-state index in [4.69, 9.17) is 9.47 Å². The number of allylic oxidation sites excluding steroid dienone is 1. The van der Waals surface area contributed by atoms with Gasteiger partial charge >= 0.3 is 0 Å². The van der Waals surface area contributed by atoms with Gasteiger partial charge in [0.25, 0.3) is 0 Å². The normalized spacial score (nSPS) is 31.3.